The predicted molar refractivity (Wildman–Crippen MR) is 75.5 cm³/mol. The van der Waals surface area contributed by atoms with Gasteiger partial charge in [0.05, 0.1) is 5.60 Å². The minimum Gasteiger partial charge on any atom is -0.385 e. The molecule has 2 heteroatoms. The molecule has 1 atom stereocenters. The van der Waals surface area contributed by atoms with E-state index in [1.807, 2.05) is 18.2 Å². The standard InChI is InChI=1S/C16H23NO/c1-3-16(18,13-14-7-5-4-6-8-14)15-9-11-17(2)12-10-15/h3-8,15,18H,1,9-13H2,2H3. The van der Waals surface area contributed by atoms with Gasteiger partial charge in [-0.3, -0.25) is 0 Å². The third-order valence-corrected chi connectivity index (χ3v) is 4.11. The lowest BCUT2D eigenvalue weighted by atomic mass is 9.77. The van der Waals surface area contributed by atoms with Crippen molar-refractivity contribution in [3.05, 3.63) is 48.6 Å². The van der Waals surface area contributed by atoms with E-state index in [0.717, 1.165) is 25.9 Å². The van der Waals surface area contributed by atoms with Gasteiger partial charge in [0.2, 0.25) is 0 Å². The maximum Gasteiger partial charge on any atom is 0.0894 e. The molecule has 1 aliphatic rings. The average Bonchev–Trinajstić information content (AvgIpc) is 2.40. The van der Waals surface area contributed by atoms with Gasteiger partial charge in [0, 0.05) is 6.42 Å². The smallest absolute Gasteiger partial charge is 0.0894 e. The Balaban J connectivity index is 2.08. The first-order valence-electron chi connectivity index (χ1n) is 6.72. The van der Waals surface area contributed by atoms with Gasteiger partial charge in [0.1, 0.15) is 0 Å². The normalized spacial score (nSPS) is 21.4. The highest BCUT2D eigenvalue weighted by atomic mass is 16.3. The minimum atomic E-state index is -0.761. The second-order valence-corrected chi connectivity index (χ2v) is 5.44. The summed E-state index contributed by atoms with van der Waals surface area (Å²) in [7, 11) is 2.14. The number of likely N-dealkylation sites (tertiary alicyclic amines) is 1. The van der Waals surface area contributed by atoms with Crippen LogP contribution in [0.2, 0.25) is 0 Å². The van der Waals surface area contributed by atoms with Gasteiger partial charge >= 0.3 is 0 Å². The van der Waals surface area contributed by atoms with Gasteiger partial charge < -0.3 is 10.0 Å². The molecule has 0 saturated carbocycles. The Labute approximate surface area is 110 Å². The Morgan fingerprint density at radius 2 is 1.94 bits per heavy atom. The molecule has 2 rings (SSSR count). The summed E-state index contributed by atoms with van der Waals surface area (Å²) < 4.78 is 0. The molecule has 0 bridgehead atoms. The SMILES string of the molecule is C=CC(O)(Cc1ccccc1)C1CCN(C)CC1. The zero-order valence-corrected chi connectivity index (χ0v) is 11.2. The summed E-state index contributed by atoms with van der Waals surface area (Å²) in [5.74, 6) is 0.325. The highest BCUT2D eigenvalue weighted by Gasteiger charge is 2.35. The molecule has 98 valence electrons. The number of nitrogens with zero attached hydrogens (tertiary/aromatic N) is 1. The zero-order valence-electron chi connectivity index (χ0n) is 11.2. The van der Waals surface area contributed by atoms with Crippen LogP contribution < -0.4 is 0 Å². The van der Waals surface area contributed by atoms with Crippen LogP contribution in [0.4, 0.5) is 0 Å². The van der Waals surface area contributed by atoms with E-state index in [0.29, 0.717) is 12.3 Å². The third kappa shape index (κ3) is 3.01. The maximum absolute atomic E-state index is 10.8. The van der Waals surface area contributed by atoms with Crippen LogP contribution in [0, 0.1) is 5.92 Å². The Kier molecular flexibility index (Phi) is 4.20. The molecule has 2 nitrogen and oxygen atoms in total. The molecule has 1 aromatic carbocycles. The quantitative estimate of drug-likeness (QED) is 0.824. The van der Waals surface area contributed by atoms with Crippen LogP contribution in [0.1, 0.15) is 18.4 Å². The molecule has 1 saturated heterocycles. The second kappa shape index (κ2) is 5.68. The number of benzene rings is 1. The zero-order chi connectivity index (χ0) is 13.0. The number of hydrogen-bond acceptors (Lipinski definition) is 2. The molecule has 1 aromatic rings. The lowest BCUT2D eigenvalue weighted by Gasteiger charge is -2.39. The van der Waals surface area contributed by atoms with E-state index in [1.165, 1.54) is 5.56 Å². The van der Waals surface area contributed by atoms with E-state index in [9.17, 15) is 5.11 Å². The van der Waals surface area contributed by atoms with E-state index in [-0.39, 0.29) is 0 Å². The Morgan fingerprint density at radius 1 is 1.33 bits per heavy atom. The molecule has 0 aliphatic carbocycles. The van der Waals surface area contributed by atoms with Crippen molar-refractivity contribution in [2.45, 2.75) is 24.9 Å². The molecular formula is C16H23NO. The second-order valence-electron chi connectivity index (χ2n) is 5.44. The minimum absolute atomic E-state index is 0.325. The predicted octanol–water partition coefficient (Wildman–Crippen LogP) is 2.49. The molecular weight excluding hydrogens is 222 g/mol. The molecule has 0 aromatic heterocycles. The van der Waals surface area contributed by atoms with Crippen LogP contribution >= 0.6 is 0 Å². The van der Waals surface area contributed by atoms with Crippen molar-refractivity contribution >= 4 is 0 Å². The van der Waals surface area contributed by atoms with Crippen LogP contribution in [0.3, 0.4) is 0 Å². The van der Waals surface area contributed by atoms with Crippen molar-refractivity contribution < 1.29 is 5.11 Å². The first-order valence-corrected chi connectivity index (χ1v) is 6.72. The summed E-state index contributed by atoms with van der Waals surface area (Å²) in [5.41, 5.74) is 0.418. The van der Waals surface area contributed by atoms with Crippen LogP contribution in [-0.4, -0.2) is 35.7 Å². The molecule has 1 aliphatic heterocycles. The van der Waals surface area contributed by atoms with Crippen LogP contribution in [0.5, 0.6) is 0 Å². The van der Waals surface area contributed by atoms with Crippen molar-refractivity contribution in [1.82, 2.24) is 4.90 Å². The number of hydrogen-bond donors (Lipinski definition) is 1. The Hall–Kier alpha value is -1.12. The summed E-state index contributed by atoms with van der Waals surface area (Å²) in [6.07, 6.45) is 4.51. The lowest BCUT2D eigenvalue weighted by molar-refractivity contribution is 0.000591. The van der Waals surface area contributed by atoms with Gasteiger partial charge in [-0.05, 0) is 44.5 Å². The molecule has 1 N–H and O–H groups in total. The Bertz CT molecular complexity index is 381. The molecule has 0 amide bonds. The van der Waals surface area contributed by atoms with Gasteiger partial charge in [0.25, 0.3) is 0 Å². The maximum atomic E-state index is 10.8. The summed E-state index contributed by atoms with van der Waals surface area (Å²) in [4.78, 5) is 2.32. The Morgan fingerprint density at radius 3 is 2.50 bits per heavy atom. The van der Waals surface area contributed by atoms with Gasteiger partial charge in [-0.25, -0.2) is 0 Å². The summed E-state index contributed by atoms with van der Waals surface area (Å²) in [5, 5.41) is 10.8. The van der Waals surface area contributed by atoms with Crippen molar-refractivity contribution in [3.63, 3.8) is 0 Å². The van der Waals surface area contributed by atoms with Gasteiger partial charge in [-0.15, -0.1) is 6.58 Å². The van der Waals surface area contributed by atoms with Gasteiger partial charge in [-0.2, -0.15) is 0 Å². The number of piperidine rings is 1. The summed E-state index contributed by atoms with van der Waals surface area (Å²) in [6, 6.07) is 10.2. The van der Waals surface area contributed by atoms with Crippen LogP contribution in [0.25, 0.3) is 0 Å². The third-order valence-electron chi connectivity index (χ3n) is 4.11. The van der Waals surface area contributed by atoms with E-state index in [2.05, 4.69) is 30.7 Å². The van der Waals surface area contributed by atoms with Gasteiger partial charge in [-0.1, -0.05) is 36.4 Å². The lowest BCUT2D eigenvalue weighted by Crippen LogP contribution is -2.44. The average molecular weight is 245 g/mol. The fraction of sp³-hybridized carbons (Fsp3) is 0.500. The monoisotopic (exact) mass is 245 g/mol. The molecule has 1 heterocycles. The highest BCUT2D eigenvalue weighted by molar-refractivity contribution is 5.20. The fourth-order valence-corrected chi connectivity index (χ4v) is 2.81. The largest absolute Gasteiger partial charge is 0.385 e. The van der Waals surface area contributed by atoms with Gasteiger partial charge in [0.15, 0.2) is 0 Å². The number of rotatable bonds is 4. The summed E-state index contributed by atoms with van der Waals surface area (Å²) >= 11 is 0. The van der Waals surface area contributed by atoms with Crippen molar-refractivity contribution in [3.8, 4) is 0 Å². The highest BCUT2D eigenvalue weighted by Crippen LogP contribution is 2.31. The van der Waals surface area contributed by atoms with Crippen molar-refractivity contribution in [1.29, 1.82) is 0 Å². The van der Waals surface area contributed by atoms with E-state index in [4.69, 9.17) is 0 Å². The summed E-state index contributed by atoms with van der Waals surface area (Å²) in [6.45, 7) is 5.99. The van der Waals surface area contributed by atoms with Crippen LogP contribution in [0.15, 0.2) is 43.0 Å². The van der Waals surface area contributed by atoms with E-state index in [1.54, 1.807) is 6.08 Å². The van der Waals surface area contributed by atoms with Crippen molar-refractivity contribution in [2.24, 2.45) is 5.92 Å². The van der Waals surface area contributed by atoms with Crippen LogP contribution in [-0.2, 0) is 6.42 Å². The van der Waals surface area contributed by atoms with E-state index >= 15 is 0 Å². The first kappa shape index (κ1) is 13.3. The molecule has 18 heavy (non-hydrogen) atoms. The van der Waals surface area contributed by atoms with Crippen molar-refractivity contribution in [2.75, 3.05) is 20.1 Å². The number of aliphatic hydroxyl groups is 1. The van der Waals surface area contributed by atoms with E-state index < -0.39 is 5.60 Å². The molecule has 1 fully saturated rings. The first-order chi connectivity index (χ1) is 8.64. The fourth-order valence-electron chi connectivity index (χ4n) is 2.81. The molecule has 0 spiro atoms. The molecule has 1 unspecified atom stereocenters. The topological polar surface area (TPSA) is 23.5 Å². The molecule has 0 radical (unpaired) electrons.